The van der Waals surface area contributed by atoms with Gasteiger partial charge in [-0.05, 0) is 41.8 Å². The maximum Gasteiger partial charge on any atom is 0.315 e. The Labute approximate surface area is 209 Å². The molecule has 2 N–H and O–H groups in total. The zero-order valence-electron chi connectivity index (χ0n) is 19.0. The molecule has 4 aromatic rings. The van der Waals surface area contributed by atoms with Crippen LogP contribution in [0.15, 0.2) is 48.7 Å². The Hall–Kier alpha value is -4.31. The largest absolute Gasteiger partial charge is 0.426 e. The summed E-state index contributed by atoms with van der Waals surface area (Å²) < 4.78 is 20.4. The number of hydrogen-bond donors (Lipinski definition) is 2. The van der Waals surface area contributed by atoms with Crippen LogP contribution in [-0.2, 0) is 24.3 Å². The Morgan fingerprint density at radius 1 is 1.08 bits per heavy atom. The molecule has 182 valence electrons. The first-order valence-electron chi connectivity index (χ1n) is 11.0. The van der Waals surface area contributed by atoms with Gasteiger partial charge in [0.25, 0.3) is 11.8 Å². The molecule has 0 saturated heterocycles. The van der Waals surface area contributed by atoms with E-state index >= 15 is 0 Å². The molecule has 1 aliphatic rings. The molecule has 0 atom stereocenters. The Kier molecular flexibility index (Phi) is 6.11. The normalized spacial score (nSPS) is 12.4. The third kappa shape index (κ3) is 4.63. The highest BCUT2D eigenvalue weighted by Gasteiger charge is 2.22. The molecule has 36 heavy (non-hydrogen) atoms. The van der Waals surface area contributed by atoms with Crippen LogP contribution in [-0.4, -0.2) is 32.4 Å². The van der Waals surface area contributed by atoms with E-state index in [0.29, 0.717) is 10.8 Å². The first-order valence-corrected chi connectivity index (χ1v) is 11.3. The first kappa shape index (κ1) is 23.4. The minimum absolute atomic E-state index is 0.0551. The SMILES string of the molecule is Cc1ccc(CNC(=O)c2cc(C(=O)NCc3ccc4c(c3)CC(=O)O4)nc3c(F)cnn23)cc1Cl. The van der Waals surface area contributed by atoms with Crippen molar-refractivity contribution in [2.45, 2.75) is 26.4 Å². The fourth-order valence-corrected chi connectivity index (χ4v) is 4.00. The molecule has 0 spiro atoms. The van der Waals surface area contributed by atoms with Crippen LogP contribution in [0.1, 0.15) is 43.2 Å². The quantitative estimate of drug-likeness (QED) is 0.306. The van der Waals surface area contributed by atoms with Crippen molar-refractivity contribution in [1.29, 1.82) is 0 Å². The third-order valence-corrected chi connectivity index (χ3v) is 6.13. The number of fused-ring (bicyclic) bond motifs is 2. The number of halogens is 2. The summed E-state index contributed by atoms with van der Waals surface area (Å²) >= 11 is 6.15. The molecule has 2 aromatic carbocycles. The van der Waals surface area contributed by atoms with Crippen molar-refractivity contribution in [1.82, 2.24) is 25.2 Å². The van der Waals surface area contributed by atoms with E-state index in [-0.39, 0.29) is 42.5 Å². The molecule has 0 aliphatic carbocycles. The van der Waals surface area contributed by atoms with Crippen molar-refractivity contribution in [2.75, 3.05) is 0 Å². The lowest BCUT2D eigenvalue weighted by Crippen LogP contribution is -2.28. The average molecular weight is 508 g/mol. The van der Waals surface area contributed by atoms with Crippen molar-refractivity contribution in [3.63, 3.8) is 0 Å². The molecule has 2 amide bonds. The van der Waals surface area contributed by atoms with Crippen molar-refractivity contribution in [3.05, 3.63) is 93.1 Å². The Morgan fingerprint density at radius 3 is 2.58 bits per heavy atom. The highest BCUT2D eigenvalue weighted by Crippen LogP contribution is 2.26. The number of aryl methyl sites for hydroxylation is 1. The van der Waals surface area contributed by atoms with Gasteiger partial charge in [-0.2, -0.15) is 5.10 Å². The summed E-state index contributed by atoms with van der Waals surface area (Å²) in [6, 6.07) is 11.8. The van der Waals surface area contributed by atoms with Crippen LogP contribution >= 0.6 is 11.6 Å². The summed E-state index contributed by atoms with van der Waals surface area (Å²) in [5.74, 6) is -1.78. The highest BCUT2D eigenvalue weighted by molar-refractivity contribution is 6.31. The number of nitrogens with zero attached hydrogens (tertiary/aromatic N) is 3. The van der Waals surface area contributed by atoms with Gasteiger partial charge in [-0.25, -0.2) is 13.9 Å². The average Bonchev–Trinajstić information content (AvgIpc) is 3.43. The van der Waals surface area contributed by atoms with Gasteiger partial charge in [-0.15, -0.1) is 0 Å². The third-order valence-electron chi connectivity index (χ3n) is 5.72. The monoisotopic (exact) mass is 507 g/mol. The summed E-state index contributed by atoms with van der Waals surface area (Å²) in [6.07, 6.45) is 1.09. The number of carbonyl (C=O) groups is 3. The maximum atomic E-state index is 14.3. The van der Waals surface area contributed by atoms with Crippen molar-refractivity contribution < 1.29 is 23.5 Å². The lowest BCUT2D eigenvalue weighted by atomic mass is 10.1. The van der Waals surface area contributed by atoms with Crippen molar-refractivity contribution >= 4 is 35.0 Å². The number of rotatable bonds is 6. The molecule has 5 rings (SSSR count). The van der Waals surface area contributed by atoms with Crippen molar-refractivity contribution in [2.24, 2.45) is 0 Å². The lowest BCUT2D eigenvalue weighted by Gasteiger charge is -2.10. The fourth-order valence-electron chi connectivity index (χ4n) is 3.80. The predicted octanol–water partition coefficient (Wildman–Crippen LogP) is 3.15. The summed E-state index contributed by atoms with van der Waals surface area (Å²) in [5, 5.41) is 9.89. The van der Waals surface area contributed by atoms with Gasteiger partial charge < -0.3 is 15.4 Å². The van der Waals surface area contributed by atoms with E-state index in [9.17, 15) is 18.8 Å². The first-order chi connectivity index (χ1) is 17.3. The molecule has 0 radical (unpaired) electrons. The molecule has 11 heteroatoms. The Balaban J connectivity index is 1.34. The van der Waals surface area contributed by atoms with Gasteiger partial charge in [-0.3, -0.25) is 14.4 Å². The number of aromatic nitrogens is 3. The summed E-state index contributed by atoms with van der Waals surface area (Å²) in [7, 11) is 0. The number of hydrogen-bond acceptors (Lipinski definition) is 6. The minimum atomic E-state index is -0.771. The van der Waals surface area contributed by atoms with Crippen LogP contribution in [0.5, 0.6) is 5.75 Å². The van der Waals surface area contributed by atoms with Crippen molar-refractivity contribution in [3.8, 4) is 5.75 Å². The molecule has 9 nitrogen and oxygen atoms in total. The number of esters is 1. The molecule has 0 saturated carbocycles. The van der Waals surface area contributed by atoms with Gasteiger partial charge in [0.15, 0.2) is 11.5 Å². The van der Waals surface area contributed by atoms with Gasteiger partial charge >= 0.3 is 5.97 Å². The number of ether oxygens (including phenoxy) is 1. The molecule has 0 fully saturated rings. The minimum Gasteiger partial charge on any atom is -0.426 e. The molecular formula is C25H19ClFN5O4. The van der Waals surface area contributed by atoms with Gasteiger partial charge in [0.1, 0.15) is 17.1 Å². The lowest BCUT2D eigenvalue weighted by molar-refractivity contribution is -0.131. The number of benzene rings is 2. The standard InChI is InChI=1S/C25H19ClFN5O4/c1-13-2-3-15(7-17(13)26)11-29-25(35)20-9-19(31-23-18(27)12-30-32(20)23)24(34)28-10-14-4-5-21-16(6-14)8-22(33)36-21/h2-7,9,12H,8,10-11H2,1H3,(H,28,34)(H,29,35). The summed E-state index contributed by atoms with van der Waals surface area (Å²) in [5.41, 5.74) is 2.71. The maximum absolute atomic E-state index is 14.3. The van der Waals surface area contributed by atoms with Gasteiger partial charge in [0, 0.05) is 29.7 Å². The van der Waals surface area contributed by atoms with Gasteiger partial charge in [-0.1, -0.05) is 29.8 Å². The molecule has 1 aliphatic heterocycles. The molecular weight excluding hydrogens is 489 g/mol. The Bertz CT molecular complexity index is 1550. The van der Waals surface area contributed by atoms with E-state index in [1.165, 1.54) is 6.07 Å². The Morgan fingerprint density at radius 2 is 1.81 bits per heavy atom. The molecule has 0 bridgehead atoms. The van der Waals surface area contributed by atoms with Crippen LogP contribution in [0.4, 0.5) is 4.39 Å². The van der Waals surface area contributed by atoms with Gasteiger partial charge in [0.05, 0.1) is 12.6 Å². The second kappa shape index (κ2) is 9.38. The number of carbonyl (C=O) groups excluding carboxylic acids is 3. The van der Waals surface area contributed by atoms with Crippen LogP contribution in [0, 0.1) is 12.7 Å². The van der Waals surface area contributed by atoms with E-state index < -0.39 is 17.6 Å². The summed E-state index contributed by atoms with van der Waals surface area (Å²) in [4.78, 5) is 41.3. The van der Waals surface area contributed by atoms with Gasteiger partial charge in [0.2, 0.25) is 0 Å². The van der Waals surface area contributed by atoms with Crippen LogP contribution in [0.2, 0.25) is 5.02 Å². The fraction of sp³-hybridized carbons (Fsp3) is 0.160. The van der Waals surface area contributed by atoms with E-state index in [0.717, 1.165) is 33.0 Å². The second-order valence-corrected chi connectivity index (χ2v) is 8.70. The van der Waals surface area contributed by atoms with E-state index in [4.69, 9.17) is 16.3 Å². The van der Waals surface area contributed by atoms with Crippen LogP contribution in [0.25, 0.3) is 5.65 Å². The van der Waals surface area contributed by atoms with Crippen LogP contribution < -0.4 is 15.4 Å². The molecule has 2 aromatic heterocycles. The zero-order chi connectivity index (χ0) is 25.4. The predicted molar refractivity (Wildman–Crippen MR) is 127 cm³/mol. The van der Waals surface area contributed by atoms with E-state index in [1.54, 1.807) is 24.3 Å². The van der Waals surface area contributed by atoms with Crippen LogP contribution in [0.3, 0.4) is 0 Å². The van der Waals surface area contributed by atoms with E-state index in [2.05, 4.69) is 20.7 Å². The second-order valence-electron chi connectivity index (χ2n) is 8.30. The smallest absolute Gasteiger partial charge is 0.315 e. The molecule has 0 unspecified atom stereocenters. The highest BCUT2D eigenvalue weighted by atomic mass is 35.5. The molecule has 3 heterocycles. The number of amides is 2. The van der Waals surface area contributed by atoms with E-state index in [1.807, 2.05) is 19.1 Å². The zero-order valence-corrected chi connectivity index (χ0v) is 19.7. The summed E-state index contributed by atoms with van der Waals surface area (Å²) in [6.45, 7) is 2.17. The topological polar surface area (TPSA) is 115 Å². The number of nitrogens with one attached hydrogen (secondary N) is 2.